The molecule has 1 aromatic carbocycles. The molecule has 0 amide bonds. The fourth-order valence-electron chi connectivity index (χ4n) is 2.93. The summed E-state index contributed by atoms with van der Waals surface area (Å²) in [6, 6.07) is 2.43. The predicted octanol–water partition coefficient (Wildman–Crippen LogP) is 1.14. The Morgan fingerprint density at radius 2 is 2.14 bits per heavy atom. The number of rotatable bonds is 3. The molecule has 0 radical (unpaired) electrons. The topological polar surface area (TPSA) is 72.9 Å². The van der Waals surface area contributed by atoms with Crippen molar-refractivity contribution in [1.29, 1.82) is 0 Å². The number of halogens is 2. The molecule has 1 saturated heterocycles. The van der Waals surface area contributed by atoms with Crippen LogP contribution < -0.4 is 16.6 Å². The molecule has 2 heterocycles. The van der Waals surface area contributed by atoms with Gasteiger partial charge in [0.2, 0.25) is 0 Å². The van der Waals surface area contributed by atoms with Gasteiger partial charge in [0.25, 0.3) is 5.56 Å². The number of aromatic nitrogens is 2. The molecule has 2 atom stereocenters. The average Bonchev–Trinajstić information content (AvgIpc) is 2.48. The molecule has 2 unspecified atom stereocenters. The molecule has 3 N–H and O–H groups in total. The van der Waals surface area contributed by atoms with Gasteiger partial charge >= 0.3 is 0 Å². The van der Waals surface area contributed by atoms with E-state index >= 15 is 0 Å². The first-order valence-corrected chi connectivity index (χ1v) is 7.38. The van der Waals surface area contributed by atoms with Crippen molar-refractivity contribution in [2.45, 2.75) is 37.9 Å². The summed E-state index contributed by atoms with van der Waals surface area (Å²) < 4.78 is 28.2. The summed E-state index contributed by atoms with van der Waals surface area (Å²) in [5.74, 6) is -1.95. The molecule has 0 spiro atoms. The van der Waals surface area contributed by atoms with Crippen LogP contribution in [0.15, 0.2) is 23.1 Å². The van der Waals surface area contributed by atoms with Gasteiger partial charge in [-0.25, -0.2) is 13.8 Å². The Morgan fingerprint density at radius 1 is 1.36 bits per heavy atom. The van der Waals surface area contributed by atoms with E-state index in [2.05, 4.69) is 10.3 Å². The number of piperidine rings is 1. The molecule has 7 heteroatoms. The Kier molecular flexibility index (Phi) is 4.17. The van der Waals surface area contributed by atoms with Crippen LogP contribution in [0.25, 0.3) is 11.0 Å². The van der Waals surface area contributed by atoms with Crippen molar-refractivity contribution < 1.29 is 8.78 Å². The molecule has 2 aromatic rings. The van der Waals surface area contributed by atoms with E-state index in [1.807, 2.05) is 0 Å². The molecule has 22 heavy (non-hydrogen) atoms. The number of fused-ring (bicyclic) bond motifs is 1. The number of hydrogen-bond acceptors (Lipinski definition) is 4. The first-order valence-electron chi connectivity index (χ1n) is 7.38. The molecule has 1 aliphatic heterocycles. The van der Waals surface area contributed by atoms with Crippen molar-refractivity contribution in [2.75, 3.05) is 6.54 Å². The molecule has 1 aromatic heterocycles. The number of hydrogen-bond donors (Lipinski definition) is 2. The van der Waals surface area contributed by atoms with Gasteiger partial charge in [-0.3, -0.25) is 4.79 Å². The molecular formula is C15H18F2N4O. The Bertz CT molecular complexity index is 746. The molecular weight excluding hydrogens is 290 g/mol. The van der Waals surface area contributed by atoms with Crippen molar-refractivity contribution >= 4 is 11.0 Å². The minimum absolute atomic E-state index is 0.170. The van der Waals surface area contributed by atoms with Crippen molar-refractivity contribution in [3.05, 3.63) is 40.3 Å². The second kappa shape index (κ2) is 6.10. The Labute approximate surface area is 126 Å². The highest BCUT2D eigenvalue weighted by Gasteiger charge is 2.19. The van der Waals surface area contributed by atoms with Gasteiger partial charge in [-0.15, -0.1) is 0 Å². The second-order valence-electron chi connectivity index (χ2n) is 5.73. The lowest BCUT2D eigenvalue weighted by molar-refractivity contribution is 0.335. The molecule has 3 rings (SSSR count). The van der Waals surface area contributed by atoms with E-state index in [9.17, 15) is 13.6 Å². The molecule has 118 valence electrons. The quantitative estimate of drug-likeness (QED) is 0.892. The summed E-state index contributed by atoms with van der Waals surface area (Å²) in [5.41, 5.74) is 6.20. The summed E-state index contributed by atoms with van der Waals surface area (Å²) >= 11 is 0. The van der Waals surface area contributed by atoms with Gasteiger partial charge in [0.15, 0.2) is 11.6 Å². The van der Waals surface area contributed by atoms with E-state index in [1.165, 1.54) is 4.57 Å². The molecule has 5 nitrogen and oxygen atoms in total. The van der Waals surface area contributed by atoms with Gasteiger partial charge in [-0.05, 0) is 25.8 Å². The fourth-order valence-corrected chi connectivity index (χ4v) is 2.93. The van der Waals surface area contributed by atoms with Crippen molar-refractivity contribution in [3.63, 3.8) is 0 Å². The van der Waals surface area contributed by atoms with E-state index in [0.717, 1.165) is 37.7 Å². The lowest BCUT2D eigenvalue weighted by Crippen LogP contribution is -2.44. The summed E-state index contributed by atoms with van der Waals surface area (Å²) in [4.78, 5) is 15.9. The number of nitrogens with two attached hydrogens (primary N) is 1. The average molecular weight is 308 g/mol. The van der Waals surface area contributed by atoms with Crippen LogP contribution in [0.1, 0.15) is 19.3 Å². The fraction of sp³-hybridized carbons (Fsp3) is 0.467. The summed E-state index contributed by atoms with van der Waals surface area (Å²) in [5, 5.41) is 3.36. The largest absolute Gasteiger partial charge is 0.328 e. The zero-order chi connectivity index (χ0) is 15.7. The maximum absolute atomic E-state index is 13.5. The maximum Gasteiger partial charge on any atom is 0.269 e. The minimum atomic E-state index is -0.980. The van der Waals surface area contributed by atoms with E-state index < -0.39 is 11.6 Å². The van der Waals surface area contributed by atoms with E-state index in [-0.39, 0.29) is 23.2 Å². The molecule has 0 saturated carbocycles. The number of benzene rings is 1. The van der Waals surface area contributed by atoms with Crippen LogP contribution in [-0.2, 0) is 6.54 Å². The Morgan fingerprint density at radius 3 is 2.91 bits per heavy atom. The van der Waals surface area contributed by atoms with Crippen LogP contribution in [0, 0.1) is 11.6 Å². The van der Waals surface area contributed by atoms with E-state index in [0.29, 0.717) is 18.5 Å². The summed E-state index contributed by atoms with van der Waals surface area (Å²) in [7, 11) is 0. The standard InChI is InChI=1S/C15H18F2N4O/c16-11-6-13-14(7-12(11)17)21(15(22)8-20-13)4-2-10-5-9(18)1-3-19-10/h6-10,19H,1-5,18H2. The highest BCUT2D eigenvalue weighted by Crippen LogP contribution is 2.16. The van der Waals surface area contributed by atoms with Crippen molar-refractivity contribution in [1.82, 2.24) is 14.9 Å². The lowest BCUT2D eigenvalue weighted by Gasteiger charge is -2.28. The number of nitrogens with one attached hydrogen (secondary N) is 1. The predicted molar refractivity (Wildman–Crippen MR) is 79.5 cm³/mol. The summed E-state index contributed by atoms with van der Waals surface area (Å²) in [6.07, 6.45) is 3.63. The molecule has 0 aliphatic carbocycles. The third-order valence-corrected chi connectivity index (χ3v) is 4.12. The Balaban J connectivity index is 1.87. The molecule has 0 bridgehead atoms. The highest BCUT2D eigenvalue weighted by molar-refractivity contribution is 5.74. The van der Waals surface area contributed by atoms with E-state index in [4.69, 9.17) is 5.73 Å². The second-order valence-corrected chi connectivity index (χ2v) is 5.73. The smallest absolute Gasteiger partial charge is 0.269 e. The maximum atomic E-state index is 13.5. The van der Waals surface area contributed by atoms with Gasteiger partial charge in [-0.1, -0.05) is 0 Å². The van der Waals surface area contributed by atoms with Crippen LogP contribution in [0.3, 0.4) is 0 Å². The van der Waals surface area contributed by atoms with Crippen molar-refractivity contribution in [3.8, 4) is 0 Å². The van der Waals surface area contributed by atoms with Gasteiger partial charge in [0.05, 0.1) is 17.2 Å². The van der Waals surface area contributed by atoms with Gasteiger partial charge in [0.1, 0.15) is 0 Å². The van der Waals surface area contributed by atoms with Gasteiger partial charge in [-0.2, -0.15) is 0 Å². The number of nitrogens with zero attached hydrogens (tertiary/aromatic N) is 2. The lowest BCUT2D eigenvalue weighted by atomic mass is 9.98. The third kappa shape index (κ3) is 3.00. The van der Waals surface area contributed by atoms with Crippen LogP contribution in [-0.4, -0.2) is 28.2 Å². The first-order chi connectivity index (χ1) is 10.5. The van der Waals surface area contributed by atoms with Crippen LogP contribution >= 0.6 is 0 Å². The normalized spacial score (nSPS) is 22.1. The minimum Gasteiger partial charge on any atom is -0.328 e. The van der Waals surface area contributed by atoms with Crippen LogP contribution in [0.2, 0.25) is 0 Å². The zero-order valence-electron chi connectivity index (χ0n) is 12.1. The van der Waals surface area contributed by atoms with Gasteiger partial charge < -0.3 is 15.6 Å². The highest BCUT2D eigenvalue weighted by atomic mass is 19.2. The zero-order valence-corrected chi connectivity index (χ0v) is 12.1. The molecule has 1 aliphatic rings. The monoisotopic (exact) mass is 308 g/mol. The number of aryl methyl sites for hydroxylation is 1. The van der Waals surface area contributed by atoms with Crippen molar-refractivity contribution in [2.24, 2.45) is 5.73 Å². The molecule has 1 fully saturated rings. The van der Waals surface area contributed by atoms with E-state index in [1.54, 1.807) is 0 Å². The Hall–Kier alpha value is -1.86. The van der Waals surface area contributed by atoms with Gasteiger partial charge in [0, 0.05) is 30.8 Å². The third-order valence-electron chi connectivity index (χ3n) is 4.12. The first kappa shape index (κ1) is 15.1. The summed E-state index contributed by atoms with van der Waals surface area (Å²) in [6.45, 7) is 1.27. The van der Waals surface area contributed by atoms with Crippen LogP contribution in [0.5, 0.6) is 0 Å². The SMILES string of the molecule is NC1CCNC(CCn2c(=O)cnc3cc(F)c(F)cc32)C1. The van der Waals surface area contributed by atoms with Crippen LogP contribution in [0.4, 0.5) is 8.78 Å².